The lowest BCUT2D eigenvalue weighted by molar-refractivity contribution is -0.118. The van der Waals surface area contributed by atoms with Crippen LogP contribution in [0, 0.1) is 6.92 Å². The summed E-state index contributed by atoms with van der Waals surface area (Å²) < 4.78 is 33.9. The summed E-state index contributed by atoms with van der Waals surface area (Å²) >= 11 is 0. The van der Waals surface area contributed by atoms with Crippen LogP contribution in [0.4, 0.5) is 26.1 Å². The fraction of sp³-hybridized carbons (Fsp3) is 0.304. The Morgan fingerprint density at radius 3 is 2.89 bits per heavy atom. The number of nitrogens with zero attached hydrogens (tertiary/aromatic N) is 4. The van der Waals surface area contributed by atoms with E-state index in [0.29, 0.717) is 34.4 Å². The SMILES string of the molecule is COc1nn(C)cc1Nc1ncc(C)c(-c2c[nH]c3c(NC(=O)C4CC(F)(F)CN4)cccc23)n1. The van der Waals surface area contributed by atoms with Gasteiger partial charge in [-0.2, -0.15) is 0 Å². The van der Waals surface area contributed by atoms with Crippen molar-refractivity contribution < 1.29 is 18.3 Å². The molecule has 4 heterocycles. The summed E-state index contributed by atoms with van der Waals surface area (Å²) in [6.07, 6.45) is 4.75. The Kier molecular flexibility index (Phi) is 5.59. The molecule has 0 saturated carbocycles. The molecule has 1 atom stereocenters. The van der Waals surface area contributed by atoms with Crippen LogP contribution >= 0.6 is 0 Å². The molecule has 1 unspecified atom stereocenters. The Balaban J connectivity index is 1.45. The average Bonchev–Trinajstić information content (AvgIpc) is 3.51. The number of para-hydroxylation sites is 1. The zero-order chi connectivity index (χ0) is 24.7. The molecule has 1 fully saturated rings. The number of rotatable bonds is 6. The number of aryl methyl sites for hydroxylation is 2. The Morgan fingerprint density at radius 1 is 1.31 bits per heavy atom. The van der Waals surface area contributed by atoms with Crippen LogP contribution in [-0.4, -0.2) is 56.3 Å². The number of benzene rings is 1. The Morgan fingerprint density at radius 2 is 2.14 bits per heavy atom. The molecular weight excluding hydrogens is 458 g/mol. The third-order valence-electron chi connectivity index (χ3n) is 5.86. The van der Waals surface area contributed by atoms with E-state index in [0.717, 1.165) is 16.5 Å². The van der Waals surface area contributed by atoms with Gasteiger partial charge < -0.3 is 20.4 Å². The van der Waals surface area contributed by atoms with Gasteiger partial charge in [-0.05, 0) is 18.6 Å². The first kappa shape index (κ1) is 22.7. The van der Waals surface area contributed by atoms with Gasteiger partial charge in [0.25, 0.3) is 11.8 Å². The summed E-state index contributed by atoms with van der Waals surface area (Å²) in [5, 5.41) is 13.5. The zero-order valence-electron chi connectivity index (χ0n) is 19.3. The van der Waals surface area contributed by atoms with Crippen LogP contribution in [0.2, 0.25) is 0 Å². The number of hydrogen-bond donors (Lipinski definition) is 4. The first-order chi connectivity index (χ1) is 16.7. The average molecular weight is 482 g/mol. The van der Waals surface area contributed by atoms with Gasteiger partial charge in [-0.3, -0.25) is 14.8 Å². The maximum Gasteiger partial charge on any atom is 0.262 e. The highest BCUT2D eigenvalue weighted by Gasteiger charge is 2.42. The number of amides is 1. The number of H-pyrrole nitrogens is 1. The van der Waals surface area contributed by atoms with Crippen molar-refractivity contribution >= 4 is 34.1 Å². The standard InChI is InChI=1S/C23H24F2N8O2/c1-12-8-27-22(30-17-10-33(2)32-21(17)35-3)31-18(12)14-9-26-19-13(14)5-4-6-15(19)29-20(34)16-7-23(24,25)11-28-16/h4-6,8-10,16,26,28H,7,11H2,1-3H3,(H,29,34)(H,27,30,31). The number of ether oxygens (including phenoxy) is 1. The smallest absolute Gasteiger partial charge is 0.262 e. The molecular formula is C23H24F2N8O2. The number of methoxy groups -OCH3 is 1. The molecule has 4 N–H and O–H groups in total. The molecule has 1 aliphatic heterocycles. The highest BCUT2D eigenvalue weighted by molar-refractivity contribution is 6.06. The topological polar surface area (TPSA) is 122 Å². The minimum atomic E-state index is -2.89. The molecule has 1 amide bonds. The van der Waals surface area contributed by atoms with E-state index in [1.165, 1.54) is 7.11 Å². The maximum absolute atomic E-state index is 13.5. The van der Waals surface area contributed by atoms with Gasteiger partial charge in [-0.15, -0.1) is 5.10 Å². The van der Waals surface area contributed by atoms with Gasteiger partial charge in [0.05, 0.1) is 42.8 Å². The van der Waals surface area contributed by atoms with Gasteiger partial charge in [0.2, 0.25) is 11.9 Å². The second-order valence-electron chi connectivity index (χ2n) is 8.49. The van der Waals surface area contributed by atoms with E-state index in [1.807, 2.05) is 13.0 Å². The highest BCUT2D eigenvalue weighted by atomic mass is 19.3. The number of carbonyl (C=O) groups excluding carboxylic acids is 1. The fourth-order valence-corrected chi connectivity index (χ4v) is 4.18. The van der Waals surface area contributed by atoms with Crippen LogP contribution in [0.15, 0.2) is 36.8 Å². The number of fused-ring (bicyclic) bond motifs is 1. The number of nitrogens with one attached hydrogen (secondary N) is 4. The Bertz CT molecular complexity index is 1410. The predicted molar refractivity (Wildman–Crippen MR) is 127 cm³/mol. The van der Waals surface area contributed by atoms with E-state index in [2.05, 4.69) is 31.0 Å². The number of carbonyl (C=O) groups is 1. The van der Waals surface area contributed by atoms with E-state index < -0.39 is 30.8 Å². The van der Waals surface area contributed by atoms with Gasteiger partial charge in [0.15, 0.2) is 0 Å². The summed E-state index contributed by atoms with van der Waals surface area (Å²) in [6.45, 7) is 1.40. The summed E-state index contributed by atoms with van der Waals surface area (Å²) in [6, 6.07) is 4.47. The lowest BCUT2D eigenvalue weighted by atomic mass is 10.1. The molecule has 35 heavy (non-hydrogen) atoms. The van der Waals surface area contributed by atoms with Crippen molar-refractivity contribution in [1.82, 2.24) is 30.0 Å². The van der Waals surface area contributed by atoms with Crippen molar-refractivity contribution in [1.29, 1.82) is 0 Å². The van der Waals surface area contributed by atoms with Crippen LogP contribution in [0.3, 0.4) is 0 Å². The molecule has 0 spiro atoms. The summed E-state index contributed by atoms with van der Waals surface area (Å²) in [5.74, 6) is -2.60. The Hall–Kier alpha value is -4.06. The molecule has 3 aromatic heterocycles. The van der Waals surface area contributed by atoms with Crippen molar-refractivity contribution in [2.45, 2.75) is 25.3 Å². The number of aromatic nitrogens is 5. The van der Waals surface area contributed by atoms with Gasteiger partial charge in [-0.1, -0.05) is 12.1 Å². The molecule has 10 nitrogen and oxygen atoms in total. The number of hydrogen-bond acceptors (Lipinski definition) is 7. The molecule has 0 aliphatic carbocycles. The van der Waals surface area contributed by atoms with E-state index in [1.54, 1.807) is 42.5 Å². The van der Waals surface area contributed by atoms with Crippen LogP contribution in [0.1, 0.15) is 12.0 Å². The van der Waals surface area contributed by atoms with Gasteiger partial charge >= 0.3 is 0 Å². The van der Waals surface area contributed by atoms with Gasteiger partial charge in [0.1, 0.15) is 5.69 Å². The van der Waals surface area contributed by atoms with Gasteiger partial charge in [-0.25, -0.2) is 18.7 Å². The first-order valence-electron chi connectivity index (χ1n) is 10.9. The fourth-order valence-electron chi connectivity index (χ4n) is 4.18. The third kappa shape index (κ3) is 4.39. The van der Waals surface area contributed by atoms with Crippen molar-refractivity contribution in [2.24, 2.45) is 7.05 Å². The van der Waals surface area contributed by atoms with Crippen molar-refractivity contribution in [3.8, 4) is 17.1 Å². The second kappa shape index (κ2) is 8.62. The second-order valence-corrected chi connectivity index (χ2v) is 8.49. The van der Waals surface area contributed by atoms with Crippen LogP contribution < -0.4 is 20.7 Å². The summed E-state index contributed by atoms with van der Waals surface area (Å²) in [7, 11) is 3.32. The Labute approximate surface area is 199 Å². The quantitative estimate of drug-likeness (QED) is 0.332. The number of aromatic amines is 1. The van der Waals surface area contributed by atoms with Crippen molar-refractivity contribution in [3.63, 3.8) is 0 Å². The summed E-state index contributed by atoms with van der Waals surface area (Å²) in [4.78, 5) is 24.8. The lowest BCUT2D eigenvalue weighted by Crippen LogP contribution is -2.35. The van der Waals surface area contributed by atoms with E-state index in [9.17, 15) is 13.6 Å². The van der Waals surface area contributed by atoms with E-state index in [4.69, 9.17) is 9.72 Å². The lowest BCUT2D eigenvalue weighted by Gasteiger charge is -2.12. The predicted octanol–water partition coefficient (Wildman–Crippen LogP) is 3.35. The molecule has 0 radical (unpaired) electrons. The summed E-state index contributed by atoms with van der Waals surface area (Å²) in [5.41, 5.74) is 4.14. The van der Waals surface area contributed by atoms with E-state index >= 15 is 0 Å². The molecule has 12 heteroatoms. The largest absolute Gasteiger partial charge is 0.478 e. The van der Waals surface area contributed by atoms with E-state index in [-0.39, 0.29) is 0 Å². The minimum Gasteiger partial charge on any atom is -0.478 e. The molecule has 1 aromatic carbocycles. The van der Waals surface area contributed by atoms with Crippen LogP contribution in [0.25, 0.3) is 22.2 Å². The number of halogens is 2. The molecule has 1 aliphatic rings. The number of anilines is 3. The minimum absolute atomic E-state index is 0.365. The monoisotopic (exact) mass is 482 g/mol. The molecule has 182 valence electrons. The normalized spacial score (nSPS) is 17.0. The third-order valence-corrected chi connectivity index (χ3v) is 5.86. The maximum atomic E-state index is 13.5. The van der Waals surface area contributed by atoms with Crippen LogP contribution in [0.5, 0.6) is 5.88 Å². The highest BCUT2D eigenvalue weighted by Crippen LogP contribution is 2.34. The van der Waals surface area contributed by atoms with Gasteiger partial charge in [0, 0.05) is 36.8 Å². The molecule has 5 rings (SSSR count). The van der Waals surface area contributed by atoms with Crippen molar-refractivity contribution in [2.75, 3.05) is 24.3 Å². The zero-order valence-corrected chi connectivity index (χ0v) is 19.3. The van der Waals surface area contributed by atoms with Crippen LogP contribution in [-0.2, 0) is 11.8 Å². The molecule has 4 aromatic rings. The molecule has 1 saturated heterocycles. The number of alkyl halides is 2. The van der Waals surface area contributed by atoms with Crippen molar-refractivity contribution in [3.05, 3.63) is 42.4 Å². The molecule has 0 bridgehead atoms. The first-order valence-corrected chi connectivity index (χ1v) is 10.9.